The summed E-state index contributed by atoms with van der Waals surface area (Å²) in [5.74, 6) is 0. The Bertz CT molecular complexity index is 1530. The lowest BCUT2D eigenvalue weighted by atomic mass is 9.95. The SMILES string of the molecule is CCO[Si](O)(/C=C/[Si](OCC)(OCC)O[Si](O)(CCc1ccc(S(=O)(=O)N[C@@H](c2ccccc2)[C@@H](N)c2ccccc2)cc1)OC)OCC. The molecule has 0 saturated heterocycles. The lowest BCUT2D eigenvalue weighted by Crippen LogP contribution is -2.57. The molecule has 3 aromatic rings. The van der Waals surface area contributed by atoms with Gasteiger partial charge in [0.2, 0.25) is 10.0 Å². The van der Waals surface area contributed by atoms with Crippen LogP contribution < -0.4 is 10.5 Å². The quantitative estimate of drug-likeness (QED) is 0.109. The predicted molar refractivity (Wildman–Crippen MR) is 193 cm³/mol. The van der Waals surface area contributed by atoms with E-state index in [9.17, 15) is 18.0 Å². The maximum atomic E-state index is 13.6. The highest BCUT2D eigenvalue weighted by Crippen LogP contribution is 2.29. The minimum absolute atomic E-state index is 0.0671. The molecular weight excluding hydrogens is 701 g/mol. The second kappa shape index (κ2) is 19.3. The van der Waals surface area contributed by atoms with Gasteiger partial charge in [-0.2, -0.15) is 0 Å². The van der Waals surface area contributed by atoms with Gasteiger partial charge in [0.25, 0.3) is 0 Å². The molecule has 0 saturated carbocycles. The average Bonchev–Trinajstić information content (AvgIpc) is 3.10. The van der Waals surface area contributed by atoms with Crippen LogP contribution >= 0.6 is 0 Å². The molecule has 3 aromatic carbocycles. The highest BCUT2D eigenvalue weighted by Gasteiger charge is 2.51. The molecule has 0 aliphatic heterocycles. The third-order valence-electron chi connectivity index (χ3n) is 7.46. The van der Waals surface area contributed by atoms with E-state index in [1.807, 2.05) is 60.7 Å². The van der Waals surface area contributed by atoms with Crippen LogP contribution in [-0.4, -0.2) is 78.0 Å². The van der Waals surface area contributed by atoms with Gasteiger partial charge in [-0.3, -0.25) is 0 Å². The van der Waals surface area contributed by atoms with Gasteiger partial charge in [0.05, 0.1) is 17.0 Å². The van der Waals surface area contributed by atoms with Crippen LogP contribution in [0.15, 0.2) is 101 Å². The van der Waals surface area contributed by atoms with Gasteiger partial charge in [-0.1, -0.05) is 72.8 Å². The monoisotopic (exact) mass is 750 g/mol. The second-order valence-electron chi connectivity index (χ2n) is 10.9. The van der Waals surface area contributed by atoms with Crippen LogP contribution in [-0.2, 0) is 42.7 Å². The zero-order chi connectivity index (χ0) is 36.0. The van der Waals surface area contributed by atoms with E-state index < -0.39 is 48.5 Å². The minimum atomic E-state index is -3.98. The fraction of sp³-hybridized carbons (Fsp3) is 0.394. The van der Waals surface area contributed by atoms with Crippen molar-refractivity contribution in [3.05, 3.63) is 113 Å². The van der Waals surface area contributed by atoms with Gasteiger partial charge in [0.15, 0.2) is 0 Å². The zero-order valence-corrected chi connectivity index (χ0v) is 32.6. The Hall–Kier alpha value is -2.40. The molecule has 1 unspecified atom stereocenters. The molecule has 0 radical (unpaired) electrons. The summed E-state index contributed by atoms with van der Waals surface area (Å²) >= 11 is 0. The largest absolute Gasteiger partial charge is 0.526 e. The van der Waals surface area contributed by atoms with Crippen molar-refractivity contribution < 1.29 is 44.3 Å². The van der Waals surface area contributed by atoms with E-state index in [1.165, 1.54) is 30.6 Å². The van der Waals surface area contributed by atoms with Crippen molar-refractivity contribution in [1.29, 1.82) is 0 Å². The maximum Gasteiger partial charge on any atom is 0.526 e. The first-order chi connectivity index (χ1) is 23.4. The smallest absolute Gasteiger partial charge is 0.390 e. The molecule has 3 atom stereocenters. The lowest BCUT2D eigenvalue weighted by Gasteiger charge is -2.33. The summed E-state index contributed by atoms with van der Waals surface area (Å²) in [5, 5.41) is 0. The number of aryl methyl sites for hydroxylation is 1. The number of benzene rings is 3. The van der Waals surface area contributed by atoms with E-state index in [-0.39, 0.29) is 37.4 Å². The van der Waals surface area contributed by atoms with Crippen LogP contribution in [0.25, 0.3) is 0 Å². The summed E-state index contributed by atoms with van der Waals surface area (Å²) in [5.41, 5.74) is 11.8. The number of hydrogen-bond acceptors (Lipinski definition) is 11. The van der Waals surface area contributed by atoms with Gasteiger partial charge in [0, 0.05) is 39.6 Å². The van der Waals surface area contributed by atoms with Crippen molar-refractivity contribution in [2.75, 3.05) is 33.5 Å². The van der Waals surface area contributed by atoms with Crippen molar-refractivity contribution >= 4 is 36.4 Å². The fourth-order valence-electron chi connectivity index (χ4n) is 5.06. The molecule has 0 fully saturated rings. The van der Waals surface area contributed by atoms with Crippen molar-refractivity contribution in [2.24, 2.45) is 5.73 Å². The van der Waals surface area contributed by atoms with Crippen molar-refractivity contribution in [3.8, 4) is 0 Å². The van der Waals surface area contributed by atoms with E-state index in [0.717, 1.165) is 16.7 Å². The number of hydrogen-bond donors (Lipinski definition) is 4. The molecule has 16 heteroatoms. The molecule has 5 N–H and O–H groups in total. The van der Waals surface area contributed by atoms with Crippen molar-refractivity contribution in [2.45, 2.75) is 57.1 Å². The number of nitrogens with one attached hydrogen (secondary N) is 1. The summed E-state index contributed by atoms with van der Waals surface area (Å²) in [4.78, 5) is 22.5. The first kappa shape index (κ1) is 41.0. The number of rotatable bonds is 22. The van der Waals surface area contributed by atoms with E-state index in [2.05, 4.69) is 4.72 Å². The number of nitrogens with two attached hydrogens (primary N) is 1. The second-order valence-corrected chi connectivity index (χ2v) is 20.1. The van der Waals surface area contributed by atoms with Gasteiger partial charge in [-0.15, -0.1) is 0 Å². The highest BCUT2D eigenvalue weighted by molar-refractivity contribution is 7.89. The average molecular weight is 751 g/mol. The summed E-state index contributed by atoms with van der Waals surface area (Å²) in [6, 6.07) is 23.7. The van der Waals surface area contributed by atoms with Gasteiger partial charge in [0.1, 0.15) is 0 Å². The summed E-state index contributed by atoms with van der Waals surface area (Å²) < 4.78 is 64.7. The summed E-state index contributed by atoms with van der Waals surface area (Å²) in [7, 11) is -14.0. The fourth-order valence-corrected chi connectivity index (χ4v) is 14.2. The summed E-state index contributed by atoms with van der Waals surface area (Å²) in [6.45, 7) is 7.90. The third-order valence-corrected chi connectivity index (χ3v) is 17.1. The van der Waals surface area contributed by atoms with Gasteiger partial charge < -0.3 is 41.6 Å². The molecule has 0 bridgehead atoms. The molecule has 0 aliphatic rings. The Morgan fingerprint density at radius 3 is 1.76 bits per heavy atom. The third kappa shape index (κ3) is 12.1. The van der Waals surface area contributed by atoms with Crippen LogP contribution in [0, 0.1) is 0 Å². The van der Waals surface area contributed by atoms with Gasteiger partial charge >= 0.3 is 26.4 Å². The normalized spacial score (nSPS) is 15.3. The highest BCUT2D eigenvalue weighted by atomic mass is 32.2. The van der Waals surface area contributed by atoms with Crippen LogP contribution in [0.5, 0.6) is 0 Å². The minimum Gasteiger partial charge on any atom is -0.390 e. The topological polar surface area (TPSA) is 168 Å². The van der Waals surface area contributed by atoms with Crippen molar-refractivity contribution in [1.82, 2.24) is 4.72 Å². The van der Waals surface area contributed by atoms with E-state index in [4.69, 9.17) is 32.0 Å². The maximum absolute atomic E-state index is 13.6. The van der Waals surface area contributed by atoms with Crippen LogP contribution in [0.1, 0.15) is 56.5 Å². The van der Waals surface area contributed by atoms with Gasteiger partial charge in [-0.25, -0.2) is 13.1 Å². The molecule has 0 heterocycles. The molecule has 12 nitrogen and oxygen atoms in total. The van der Waals surface area contributed by atoms with E-state index in [1.54, 1.807) is 39.8 Å². The van der Waals surface area contributed by atoms with Crippen LogP contribution in [0.4, 0.5) is 0 Å². The van der Waals surface area contributed by atoms with E-state index in [0.29, 0.717) is 6.42 Å². The number of sulfonamides is 1. The van der Waals surface area contributed by atoms with E-state index >= 15 is 0 Å². The Morgan fingerprint density at radius 2 is 1.27 bits per heavy atom. The molecule has 0 spiro atoms. The first-order valence-corrected chi connectivity index (χ1v) is 23.4. The van der Waals surface area contributed by atoms with Crippen LogP contribution in [0.2, 0.25) is 6.04 Å². The molecule has 0 aromatic heterocycles. The predicted octanol–water partition coefficient (Wildman–Crippen LogP) is 4.19. The Morgan fingerprint density at radius 1 is 0.755 bits per heavy atom. The van der Waals surface area contributed by atoms with Gasteiger partial charge in [-0.05, 0) is 74.3 Å². The Kier molecular flexibility index (Phi) is 16.1. The molecule has 49 heavy (non-hydrogen) atoms. The van der Waals surface area contributed by atoms with Crippen molar-refractivity contribution in [3.63, 3.8) is 0 Å². The molecule has 270 valence electrons. The molecular formula is C33H50N2O10SSi3. The lowest BCUT2D eigenvalue weighted by molar-refractivity contribution is 0.0843. The molecule has 0 aliphatic carbocycles. The molecule has 0 amide bonds. The zero-order valence-electron chi connectivity index (χ0n) is 28.8. The summed E-state index contributed by atoms with van der Waals surface area (Å²) in [6.07, 6.45) is 0.304. The molecule has 3 rings (SSSR count). The standard InChI is InChI=1S/C33H50N2O10SSi3/c1-6-41-48(39,42-7-2)26-27-49(43-8-3,44-9-4)45-47(38,40-5)25-24-28-20-22-31(23-21-28)46(36,37)35-33(30-18-14-11-15-19-30)32(34)29-16-12-10-13-17-29/h10-23,26-27,32-33,35,38-39H,6-9,24-25,34H2,1-5H3/b27-26+/t32-,33-,47?/m0/s1. The Balaban J connectivity index is 1.79. The first-order valence-electron chi connectivity index (χ1n) is 16.3. The van der Waals surface area contributed by atoms with Crippen LogP contribution in [0.3, 0.4) is 0 Å². The Labute approximate surface area is 294 Å².